The molecule has 138 valence electrons. The zero-order valence-corrected chi connectivity index (χ0v) is 15.4. The molecule has 0 saturated carbocycles. The van der Waals surface area contributed by atoms with E-state index in [1.807, 2.05) is 48.0 Å². The van der Waals surface area contributed by atoms with E-state index in [-0.39, 0.29) is 11.8 Å². The van der Waals surface area contributed by atoms with Crippen LogP contribution in [0.4, 0.5) is 0 Å². The zero-order valence-electron chi connectivity index (χ0n) is 15.4. The Morgan fingerprint density at radius 1 is 1.31 bits per heavy atom. The van der Waals surface area contributed by atoms with E-state index in [2.05, 4.69) is 14.9 Å². The van der Waals surface area contributed by atoms with Crippen molar-refractivity contribution in [2.45, 2.75) is 25.9 Å². The van der Waals surface area contributed by atoms with E-state index >= 15 is 0 Å². The van der Waals surface area contributed by atoms with Crippen molar-refractivity contribution < 1.29 is 9.53 Å². The topological polar surface area (TPSA) is 63.5 Å². The Bertz CT molecular complexity index is 797. The normalized spacial score (nSPS) is 20.8. The fourth-order valence-corrected chi connectivity index (χ4v) is 3.91. The number of pyridine rings is 1. The molecule has 2 aromatic heterocycles. The lowest BCUT2D eigenvalue weighted by Gasteiger charge is -2.36. The van der Waals surface area contributed by atoms with Gasteiger partial charge >= 0.3 is 0 Å². The first kappa shape index (κ1) is 17.2. The van der Waals surface area contributed by atoms with Gasteiger partial charge in [-0.2, -0.15) is 0 Å². The number of carbonyl (C=O) groups is 1. The molecule has 1 fully saturated rings. The van der Waals surface area contributed by atoms with Crippen molar-refractivity contribution in [2.24, 2.45) is 7.05 Å². The Balaban J connectivity index is 1.58. The molecule has 1 saturated heterocycles. The smallest absolute Gasteiger partial charge is 0.233 e. The minimum absolute atomic E-state index is 0.181. The van der Waals surface area contributed by atoms with Crippen LogP contribution in [0.3, 0.4) is 0 Å². The second kappa shape index (κ2) is 7.17. The maximum atomic E-state index is 13.2. The van der Waals surface area contributed by atoms with E-state index in [4.69, 9.17) is 4.74 Å². The molecule has 0 aliphatic carbocycles. The summed E-state index contributed by atoms with van der Waals surface area (Å²) in [6.07, 6.45) is 1.82. The number of nitrogens with zero attached hydrogens (tertiary/aromatic N) is 5. The van der Waals surface area contributed by atoms with E-state index in [1.165, 1.54) is 0 Å². The summed E-state index contributed by atoms with van der Waals surface area (Å²) in [6, 6.07) is 6.07. The highest BCUT2D eigenvalue weighted by atomic mass is 16.5. The highest BCUT2D eigenvalue weighted by Crippen LogP contribution is 2.30. The van der Waals surface area contributed by atoms with Crippen LogP contribution < -0.4 is 0 Å². The number of aromatic nitrogens is 3. The highest BCUT2D eigenvalue weighted by molar-refractivity contribution is 5.84. The molecule has 7 nitrogen and oxygen atoms in total. The van der Waals surface area contributed by atoms with Crippen LogP contribution in [0.1, 0.15) is 28.7 Å². The van der Waals surface area contributed by atoms with Gasteiger partial charge in [0.1, 0.15) is 0 Å². The van der Waals surface area contributed by atoms with Crippen molar-refractivity contribution in [3.8, 4) is 0 Å². The summed E-state index contributed by atoms with van der Waals surface area (Å²) in [4.78, 5) is 26.6. The van der Waals surface area contributed by atoms with Gasteiger partial charge in [-0.1, -0.05) is 6.07 Å². The predicted octanol–water partition coefficient (Wildman–Crippen LogP) is 1.08. The molecule has 0 spiro atoms. The molecule has 2 aliphatic heterocycles. The molecule has 4 rings (SSSR count). The Hall–Kier alpha value is -2.25. The van der Waals surface area contributed by atoms with Crippen molar-refractivity contribution in [1.29, 1.82) is 0 Å². The van der Waals surface area contributed by atoms with E-state index in [0.717, 1.165) is 35.9 Å². The number of hydrogen-bond acceptors (Lipinski definition) is 5. The number of ether oxygens (including phenoxy) is 1. The maximum absolute atomic E-state index is 13.2. The van der Waals surface area contributed by atoms with Crippen LogP contribution in [0.25, 0.3) is 0 Å². The van der Waals surface area contributed by atoms with Crippen molar-refractivity contribution in [3.05, 3.63) is 47.3 Å². The summed E-state index contributed by atoms with van der Waals surface area (Å²) in [5.74, 6) is -0.00536. The fraction of sp³-hybridized carbons (Fsp3) is 0.526. The Morgan fingerprint density at radius 3 is 2.88 bits per heavy atom. The maximum Gasteiger partial charge on any atom is 0.233 e. The van der Waals surface area contributed by atoms with Crippen LogP contribution in [0, 0.1) is 6.92 Å². The lowest BCUT2D eigenvalue weighted by molar-refractivity contribution is -0.138. The quantitative estimate of drug-likeness (QED) is 0.824. The average molecular weight is 355 g/mol. The molecular weight excluding hydrogens is 330 g/mol. The monoisotopic (exact) mass is 355 g/mol. The molecule has 2 aromatic rings. The lowest BCUT2D eigenvalue weighted by atomic mass is 9.96. The van der Waals surface area contributed by atoms with Gasteiger partial charge in [0, 0.05) is 45.5 Å². The first-order valence-electron chi connectivity index (χ1n) is 9.13. The Kier molecular flexibility index (Phi) is 4.74. The van der Waals surface area contributed by atoms with Crippen LogP contribution in [-0.4, -0.2) is 63.1 Å². The van der Waals surface area contributed by atoms with E-state index in [9.17, 15) is 4.79 Å². The van der Waals surface area contributed by atoms with Crippen molar-refractivity contribution in [1.82, 2.24) is 24.3 Å². The van der Waals surface area contributed by atoms with Crippen LogP contribution in [0.2, 0.25) is 0 Å². The molecule has 0 aromatic carbocycles. The number of hydrogen-bond donors (Lipinski definition) is 0. The predicted molar refractivity (Wildman–Crippen MR) is 96.4 cm³/mol. The van der Waals surface area contributed by atoms with Crippen LogP contribution in [0.15, 0.2) is 24.5 Å². The molecule has 0 bridgehead atoms. The minimum atomic E-state index is -0.186. The summed E-state index contributed by atoms with van der Waals surface area (Å²) in [7, 11) is 1.98. The second-order valence-electron chi connectivity index (χ2n) is 7.12. The van der Waals surface area contributed by atoms with Gasteiger partial charge in [-0.15, -0.1) is 0 Å². The van der Waals surface area contributed by atoms with Gasteiger partial charge in [0.15, 0.2) is 0 Å². The largest absolute Gasteiger partial charge is 0.378 e. The zero-order chi connectivity index (χ0) is 18.1. The fourth-order valence-electron chi connectivity index (χ4n) is 3.91. The number of rotatable bonds is 3. The third-order valence-electron chi connectivity index (χ3n) is 5.16. The van der Waals surface area contributed by atoms with Gasteiger partial charge in [-0.3, -0.25) is 14.7 Å². The number of amides is 1. The van der Waals surface area contributed by atoms with Crippen molar-refractivity contribution >= 4 is 5.91 Å². The van der Waals surface area contributed by atoms with Gasteiger partial charge in [0.2, 0.25) is 5.91 Å². The number of aryl methyl sites for hydroxylation is 2. The minimum Gasteiger partial charge on any atom is -0.378 e. The van der Waals surface area contributed by atoms with Crippen molar-refractivity contribution in [3.63, 3.8) is 0 Å². The highest BCUT2D eigenvalue weighted by Gasteiger charge is 2.36. The molecule has 0 radical (unpaired) electrons. The summed E-state index contributed by atoms with van der Waals surface area (Å²) in [5.41, 5.74) is 4.09. The van der Waals surface area contributed by atoms with Gasteiger partial charge in [-0.05, 0) is 19.1 Å². The molecule has 0 N–H and O–H groups in total. The molecule has 4 heterocycles. The standard InChI is InChI=1S/C19H25N5O2/c1-14-4-3-5-15(21-14)10-23-11-16(18-17(12-23)20-13-22(18)2)19(25)24-6-8-26-9-7-24/h3-5,13,16H,6-12H2,1-2H3. The number of carbonyl (C=O) groups excluding carboxylic acids is 1. The first-order chi connectivity index (χ1) is 12.6. The van der Waals surface area contributed by atoms with Crippen LogP contribution in [0.5, 0.6) is 0 Å². The summed E-state index contributed by atoms with van der Waals surface area (Å²) in [5, 5.41) is 0. The lowest BCUT2D eigenvalue weighted by Crippen LogP contribution is -2.47. The number of morpholine rings is 1. The molecule has 2 aliphatic rings. The van der Waals surface area contributed by atoms with Gasteiger partial charge in [-0.25, -0.2) is 4.98 Å². The molecule has 26 heavy (non-hydrogen) atoms. The molecule has 1 unspecified atom stereocenters. The number of fused-ring (bicyclic) bond motifs is 1. The van der Waals surface area contributed by atoms with E-state index in [0.29, 0.717) is 32.8 Å². The Labute approximate surface area is 153 Å². The van der Waals surface area contributed by atoms with Gasteiger partial charge in [0.25, 0.3) is 0 Å². The second-order valence-corrected chi connectivity index (χ2v) is 7.12. The molecule has 7 heteroatoms. The van der Waals surface area contributed by atoms with Crippen LogP contribution in [-0.2, 0) is 29.7 Å². The Morgan fingerprint density at radius 2 is 2.12 bits per heavy atom. The summed E-state index contributed by atoms with van der Waals surface area (Å²) in [6.45, 7) is 6.74. The van der Waals surface area contributed by atoms with Crippen LogP contribution >= 0.6 is 0 Å². The average Bonchev–Trinajstić information content (AvgIpc) is 3.02. The third-order valence-corrected chi connectivity index (χ3v) is 5.16. The molecule has 1 atom stereocenters. The molecular formula is C19H25N5O2. The summed E-state index contributed by atoms with van der Waals surface area (Å²) < 4.78 is 7.40. The third kappa shape index (κ3) is 3.37. The first-order valence-corrected chi connectivity index (χ1v) is 9.13. The summed E-state index contributed by atoms with van der Waals surface area (Å²) >= 11 is 0. The molecule has 1 amide bonds. The SMILES string of the molecule is Cc1cccc(CN2Cc3ncn(C)c3C(C(=O)N3CCOCC3)C2)n1. The van der Waals surface area contributed by atoms with E-state index in [1.54, 1.807) is 0 Å². The van der Waals surface area contributed by atoms with E-state index < -0.39 is 0 Å². The van der Waals surface area contributed by atoms with Gasteiger partial charge in [0.05, 0.1) is 42.5 Å². The van der Waals surface area contributed by atoms with Crippen molar-refractivity contribution in [2.75, 3.05) is 32.8 Å². The van der Waals surface area contributed by atoms with Gasteiger partial charge < -0.3 is 14.2 Å². The number of imidazole rings is 1.